The number of nitrogens with zero attached hydrogens (tertiary/aromatic N) is 2. The van der Waals surface area contributed by atoms with Crippen LogP contribution in [0.2, 0.25) is 0 Å². The van der Waals surface area contributed by atoms with E-state index < -0.39 is 33.7 Å². The molecule has 2 aliphatic rings. The van der Waals surface area contributed by atoms with Gasteiger partial charge in [-0.25, -0.2) is 12.8 Å². The van der Waals surface area contributed by atoms with Gasteiger partial charge in [0.15, 0.2) is 0 Å². The highest BCUT2D eigenvalue weighted by Crippen LogP contribution is 2.33. The van der Waals surface area contributed by atoms with E-state index in [4.69, 9.17) is 14.2 Å². The van der Waals surface area contributed by atoms with Crippen molar-refractivity contribution in [3.8, 4) is 0 Å². The van der Waals surface area contributed by atoms with Crippen molar-refractivity contribution >= 4 is 79.1 Å². The molecule has 0 spiro atoms. The number of hydrogen-bond acceptors (Lipinski definition) is 12. The van der Waals surface area contributed by atoms with Crippen molar-refractivity contribution in [3.05, 3.63) is 109 Å². The Kier molecular flexibility index (Phi) is 15.2. The Hall–Kier alpha value is -5.26. The monoisotopic (exact) mass is 973 g/mol. The molecule has 17 nitrogen and oxygen atoms in total. The molecule has 0 bridgehead atoms. The van der Waals surface area contributed by atoms with Crippen molar-refractivity contribution in [2.45, 2.75) is 43.8 Å². The topological polar surface area (TPSA) is 216 Å². The van der Waals surface area contributed by atoms with E-state index in [9.17, 15) is 36.8 Å². The largest absolute Gasteiger partial charge is 0.378 e. The van der Waals surface area contributed by atoms with Gasteiger partial charge in [-0.15, -0.1) is 0 Å². The number of anilines is 4. The summed E-state index contributed by atoms with van der Waals surface area (Å²) in [4.78, 5) is 63.6. The molecule has 324 valence electrons. The van der Waals surface area contributed by atoms with E-state index in [2.05, 4.69) is 26.0 Å². The fourth-order valence-electron chi connectivity index (χ4n) is 6.70. The molecule has 3 heterocycles. The van der Waals surface area contributed by atoms with E-state index in [0.29, 0.717) is 58.9 Å². The maximum atomic E-state index is 14.7. The average molecular weight is 974 g/mol. The summed E-state index contributed by atoms with van der Waals surface area (Å²) in [5, 5.41) is 11.1. The summed E-state index contributed by atoms with van der Waals surface area (Å²) in [6.07, 6.45) is 0.391. The van der Waals surface area contributed by atoms with E-state index in [1.54, 1.807) is 43.3 Å². The Labute approximate surface area is 364 Å². The van der Waals surface area contributed by atoms with Gasteiger partial charge in [-0.1, -0.05) is 18.2 Å². The minimum atomic E-state index is -4.09. The first-order chi connectivity index (χ1) is 29.2. The van der Waals surface area contributed by atoms with E-state index in [1.807, 2.05) is 22.6 Å². The molecule has 0 radical (unpaired) electrons. The zero-order valence-corrected chi connectivity index (χ0v) is 36.3. The SMILES string of the molecule is Cc1cc(NS(=O)(=O)c2ccc(CNCCOCCOCCOCC(=O)Nc3cccc4c3CN(C3CCC(=O)NC3=O)C4=O)cc2)c(Nc2ccc(I)cc2F)n(C)c1=O. The van der Waals surface area contributed by atoms with Crippen molar-refractivity contribution in [3.63, 3.8) is 0 Å². The van der Waals surface area contributed by atoms with Gasteiger partial charge in [-0.3, -0.25) is 38.6 Å². The number of nitrogens with one attached hydrogen (secondary N) is 5. The van der Waals surface area contributed by atoms with Crippen LogP contribution in [0, 0.1) is 16.3 Å². The molecule has 20 heteroatoms. The fourth-order valence-corrected chi connectivity index (χ4v) is 8.21. The number of carbonyl (C=O) groups excluding carboxylic acids is 4. The number of imide groups is 1. The second-order valence-electron chi connectivity index (χ2n) is 14.2. The van der Waals surface area contributed by atoms with Gasteiger partial charge in [-0.05, 0) is 90.0 Å². The Bertz CT molecular complexity index is 2470. The van der Waals surface area contributed by atoms with Crippen molar-refractivity contribution in [1.29, 1.82) is 0 Å². The van der Waals surface area contributed by atoms with Crippen LogP contribution in [0.1, 0.15) is 39.9 Å². The van der Waals surface area contributed by atoms with Crippen LogP contribution in [0.15, 0.2) is 76.4 Å². The van der Waals surface area contributed by atoms with Crippen molar-refractivity contribution in [1.82, 2.24) is 20.1 Å². The van der Waals surface area contributed by atoms with Gasteiger partial charge in [0.05, 0.1) is 49.3 Å². The smallest absolute Gasteiger partial charge is 0.262 e. The molecule has 6 rings (SSSR count). The lowest BCUT2D eigenvalue weighted by Gasteiger charge is -2.29. The van der Waals surface area contributed by atoms with Crippen LogP contribution in [-0.2, 0) is 58.8 Å². The number of carbonyl (C=O) groups is 4. The van der Waals surface area contributed by atoms with E-state index in [0.717, 1.165) is 5.56 Å². The Morgan fingerprint density at radius 1 is 0.918 bits per heavy atom. The number of sulfonamides is 1. The Morgan fingerprint density at radius 3 is 2.36 bits per heavy atom. The number of rotatable bonds is 20. The Morgan fingerprint density at radius 2 is 1.64 bits per heavy atom. The summed E-state index contributed by atoms with van der Waals surface area (Å²) in [6, 6.07) is 16.4. The summed E-state index contributed by atoms with van der Waals surface area (Å²) in [7, 11) is -2.61. The zero-order valence-electron chi connectivity index (χ0n) is 33.3. The summed E-state index contributed by atoms with van der Waals surface area (Å²) < 4.78 is 62.4. The highest BCUT2D eigenvalue weighted by molar-refractivity contribution is 14.1. The average Bonchev–Trinajstić information content (AvgIpc) is 3.56. The highest BCUT2D eigenvalue weighted by atomic mass is 127. The molecule has 5 N–H and O–H groups in total. The lowest BCUT2D eigenvalue weighted by Crippen LogP contribution is -2.52. The van der Waals surface area contributed by atoms with E-state index >= 15 is 0 Å². The van der Waals surface area contributed by atoms with Crippen molar-refractivity contribution in [2.24, 2.45) is 7.05 Å². The van der Waals surface area contributed by atoms with E-state index in [-0.39, 0.29) is 78.7 Å². The van der Waals surface area contributed by atoms with Gasteiger partial charge < -0.3 is 35.1 Å². The van der Waals surface area contributed by atoms with Gasteiger partial charge in [0.1, 0.15) is 24.3 Å². The number of aromatic nitrogens is 1. The highest BCUT2D eigenvalue weighted by Gasteiger charge is 2.40. The zero-order chi connectivity index (χ0) is 43.7. The molecule has 1 saturated heterocycles. The number of piperidine rings is 1. The molecular formula is C41H45FIN7O10S. The second-order valence-corrected chi connectivity index (χ2v) is 17.1. The molecule has 4 amide bonds. The number of fused-ring (bicyclic) bond motifs is 1. The van der Waals surface area contributed by atoms with Crippen LogP contribution in [0.3, 0.4) is 0 Å². The molecule has 0 saturated carbocycles. The minimum absolute atomic E-state index is 0.00144. The van der Waals surface area contributed by atoms with Gasteiger partial charge in [0, 0.05) is 59.1 Å². The van der Waals surface area contributed by atoms with E-state index in [1.165, 1.54) is 46.8 Å². The Balaban J connectivity index is 0.845. The molecule has 1 fully saturated rings. The predicted octanol–water partition coefficient (Wildman–Crippen LogP) is 3.52. The number of halogens is 2. The standard InChI is InChI=1S/C41H45FIN7O10S/c1-25-20-34(38(49(2)40(25)54)46-33-11-8-27(43)21-31(33)42)48-61(56,57)28-9-6-26(7-10-28)22-44-14-15-58-16-17-59-18-19-60-24-37(52)45-32-5-3-4-29-30(32)23-50(41(29)55)35-12-13-36(51)47-39(35)53/h3-11,20-21,35,44,46,48H,12-19,22-24H2,1-2H3,(H,45,52)(H,47,51,53). The molecular weight excluding hydrogens is 928 g/mol. The third-order valence-electron chi connectivity index (χ3n) is 9.84. The van der Waals surface area contributed by atoms with Crippen molar-refractivity contribution < 1.29 is 46.2 Å². The molecule has 1 unspecified atom stereocenters. The molecule has 4 aromatic rings. The maximum Gasteiger partial charge on any atom is 0.262 e. The predicted molar refractivity (Wildman–Crippen MR) is 231 cm³/mol. The summed E-state index contributed by atoms with van der Waals surface area (Å²) in [5.41, 5.74) is 2.37. The molecule has 0 aliphatic carbocycles. The van der Waals surface area contributed by atoms with Crippen LogP contribution in [0.4, 0.5) is 27.3 Å². The number of benzene rings is 3. The molecule has 1 atom stereocenters. The number of aryl methyl sites for hydroxylation is 1. The first-order valence-electron chi connectivity index (χ1n) is 19.3. The number of hydrogen-bond donors (Lipinski definition) is 5. The number of amides is 4. The molecule has 2 aliphatic heterocycles. The molecule has 3 aromatic carbocycles. The summed E-state index contributed by atoms with van der Waals surface area (Å²) in [6.45, 7) is 3.90. The van der Waals surface area contributed by atoms with Crippen LogP contribution in [0.5, 0.6) is 0 Å². The van der Waals surface area contributed by atoms with Gasteiger partial charge in [0.25, 0.3) is 21.5 Å². The lowest BCUT2D eigenvalue weighted by atomic mass is 10.0. The van der Waals surface area contributed by atoms with Crippen LogP contribution < -0.4 is 31.5 Å². The van der Waals surface area contributed by atoms with Crippen molar-refractivity contribution in [2.75, 3.05) is 61.5 Å². The third kappa shape index (κ3) is 11.6. The van der Waals surface area contributed by atoms with Gasteiger partial charge in [0.2, 0.25) is 17.7 Å². The molecule has 61 heavy (non-hydrogen) atoms. The minimum Gasteiger partial charge on any atom is -0.378 e. The molecule has 1 aromatic heterocycles. The van der Waals surface area contributed by atoms with Crippen LogP contribution in [-0.4, -0.2) is 93.7 Å². The quantitative estimate of drug-likeness (QED) is 0.0489. The fraction of sp³-hybridized carbons (Fsp3) is 0.341. The van der Waals surface area contributed by atoms with Gasteiger partial charge in [-0.2, -0.15) is 0 Å². The van der Waals surface area contributed by atoms with Crippen LogP contribution in [0.25, 0.3) is 0 Å². The summed E-state index contributed by atoms with van der Waals surface area (Å²) >= 11 is 1.98. The lowest BCUT2D eigenvalue weighted by molar-refractivity contribution is -0.137. The third-order valence-corrected chi connectivity index (χ3v) is 11.9. The number of pyridine rings is 1. The first-order valence-corrected chi connectivity index (χ1v) is 21.8. The maximum absolute atomic E-state index is 14.7. The normalized spacial score (nSPS) is 15.1. The number of ether oxygens (including phenoxy) is 3. The van der Waals surface area contributed by atoms with Crippen LogP contribution >= 0.6 is 22.6 Å². The first kappa shape index (κ1) is 45.3. The second kappa shape index (κ2) is 20.5. The summed E-state index contributed by atoms with van der Waals surface area (Å²) in [5.74, 6) is -2.09. The van der Waals surface area contributed by atoms with Gasteiger partial charge >= 0.3 is 0 Å².